The Hall–Kier alpha value is -3.83. The van der Waals surface area contributed by atoms with Crippen molar-refractivity contribution in [2.75, 3.05) is 12.4 Å². The predicted octanol–water partition coefficient (Wildman–Crippen LogP) is 4.00. The Morgan fingerprint density at radius 3 is 2.33 bits per heavy atom. The average Bonchev–Trinajstić information content (AvgIpc) is 3.17. The smallest absolute Gasteiger partial charge is 0.337 e. The number of nitrogens with zero attached hydrogens (tertiary/aromatic N) is 4. The van der Waals surface area contributed by atoms with E-state index in [4.69, 9.17) is 0 Å². The third kappa shape index (κ3) is 6.86. The van der Waals surface area contributed by atoms with E-state index in [9.17, 15) is 14.4 Å². The van der Waals surface area contributed by atoms with Gasteiger partial charge in [0.25, 0.3) is 5.91 Å². The maximum Gasteiger partial charge on any atom is 0.337 e. The van der Waals surface area contributed by atoms with Crippen LogP contribution in [0.1, 0.15) is 21.5 Å². The molecular weight excluding hydrogens is 546 g/mol. The lowest BCUT2D eigenvalue weighted by molar-refractivity contribution is -0.123. The molecule has 1 fully saturated rings. The number of rotatable bonds is 7. The molecule has 3 aromatic rings. The molecule has 4 rings (SSSR count). The monoisotopic (exact) mass is 567 g/mol. The molecule has 1 aromatic carbocycles. The van der Waals surface area contributed by atoms with Gasteiger partial charge in [-0.2, -0.15) is 0 Å². The fraction of sp³-hybridized carbons (Fsp3) is 0.120. The standard InChI is InChI=1S/C25H21N5O4S.BrH/c1-34-24(33)19-6-8-20(9-7-19)29-22(31)12-21-23(32)30(16-18-5-3-11-27-14-18)25(35-21)28-15-17-4-2-10-26-13-17;/h2-14H,15-16H2,1H3,(H,29,31);1H/b21-12+,28-25?;. The number of thioether (sulfide) groups is 1. The first-order valence-electron chi connectivity index (χ1n) is 10.6. The molecule has 0 saturated carbocycles. The summed E-state index contributed by atoms with van der Waals surface area (Å²) in [5.74, 6) is -1.26. The Kier molecular flexibility index (Phi) is 9.48. The summed E-state index contributed by atoms with van der Waals surface area (Å²) in [4.78, 5) is 51.9. The number of halogens is 1. The Bertz CT molecular complexity index is 1280. The van der Waals surface area contributed by atoms with Gasteiger partial charge in [-0.15, -0.1) is 17.0 Å². The summed E-state index contributed by atoms with van der Waals surface area (Å²) in [6, 6.07) is 13.7. The number of carbonyl (C=O) groups excluding carboxylic acids is 3. The maximum absolute atomic E-state index is 13.2. The average molecular weight is 568 g/mol. The van der Waals surface area contributed by atoms with E-state index in [0.717, 1.165) is 22.9 Å². The van der Waals surface area contributed by atoms with E-state index in [2.05, 4.69) is 25.0 Å². The van der Waals surface area contributed by atoms with Crippen molar-refractivity contribution < 1.29 is 19.1 Å². The van der Waals surface area contributed by atoms with Crippen LogP contribution in [0.4, 0.5) is 5.69 Å². The number of nitrogens with one attached hydrogen (secondary N) is 1. The van der Waals surface area contributed by atoms with Gasteiger partial charge in [-0.25, -0.2) is 4.79 Å². The zero-order valence-electron chi connectivity index (χ0n) is 19.2. The molecule has 1 N–H and O–H groups in total. The summed E-state index contributed by atoms with van der Waals surface area (Å²) >= 11 is 1.14. The van der Waals surface area contributed by atoms with Crippen molar-refractivity contribution in [1.82, 2.24) is 14.9 Å². The third-order valence-electron chi connectivity index (χ3n) is 4.91. The maximum atomic E-state index is 13.2. The second kappa shape index (κ2) is 12.8. The molecule has 9 nitrogen and oxygen atoms in total. The summed E-state index contributed by atoms with van der Waals surface area (Å²) in [6.07, 6.45) is 8.00. The summed E-state index contributed by atoms with van der Waals surface area (Å²) in [7, 11) is 1.30. The number of aromatic nitrogens is 2. The van der Waals surface area contributed by atoms with Crippen LogP contribution in [0.2, 0.25) is 0 Å². The van der Waals surface area contributed by atoms with E-state index in [-0.39, 0.29) is 34.3 Å². The van der Waals surface area contributed by atoms with E-state index in [1.54, 1.807) is 55.1 Å². The summed E-state index contributed by atoms with van der Waals surface area (Å²) in [6.45, 7) is 0.624. The molecule has 0 unspecified atom stereocenters. The first kappa shape index (κ1) is 26.8. The van der Waals surface area contributed by atoms with Crippen LogP contribution in [-0.2, 0) is 27.4 Å². The predicted molar refractivity (Wildman–Crippen MR) is 143 cm³/mol. The molecule has 1 saturated heterocycles. The Morgan fingerprint density at radius 2 is 1.72 bits per heavy atom. The van der Waals surface area contributed by atoms with Crippen molar-refractivity contribution in [2.45, 2.75) is 13.1 Å². The molecule has 3 heterocycles. The molecule has 2 amide bonds. The summed E-state index contributed by atoms with van der Waals surface area (Å²) < 4.78 is 4.67. The van der Waals surface area contributed by atoms with Gasteiger partial charge >= 0.3 is 5.97 Å². The topological polar surface area (TPSA) is 114 Å². The highest BCUT2D eigenvalue weighted by atomic mass is 79.9. The SMILES string of the molecule is Br.COC(=O)c1ccc(NC(=O)/C=C2/SC(=NCc3cccnc3)N(Cc3cccnc3)C2=O)cc1. The van der Waals surface area contributed by atoms with Crippen LogP contribution in [0.25, 0.3) is 0 Å². The molecule has 184 valence electrons. The number of carbonyl (C=O) groups is 3. The molecule has 0 radical (unpaired) electrons. The highest BCUT2D eigenvalue weighted by Crippen LogP contribution is 2.32. The van der Waals surface area contributed by atoms with E-state index in [0.29, 0.717) is 23.0 Å². The molecule has 11 heteroatoms. The van der Waals surface area contributed by atoms with Crippen molar-refractivity contribution in [3.05, 3.63) is 101 Å². The third-order valence-corrected chi connectivity index (χ3v) is 5.95. The van der Waals surface area contributed by atoms with Crippen LogP contribution >= 0.6 is 28.7 Å². The van der Waals surface area contributed by atoms with Crippen molar-refractivity contribution in [3.63, 3.8) is 0 Å². The Morgan fingerprint density at radius 1 is 1.06 bits per heavy atom. The zero-order valence-corrected chi connectivity index (χ0v) is 21.7. The summed E-state index contributed by atoms with van der Waals surface area (Å²) in [5.41, 5.74) is 2.59. The van der Waals surface area contributed by atoms with Gasteiger partial charge in [0.1, 0.15) is 0 Å². The number of esters is 1. The number of pyridine rings is 2. The van der Waals surface area contributed by atoms with Crippen molar-refractivity contribution in [1.29, 1.82) is 0 Å². The largest absolute Gasteiger partial charge is 0.465 e. The molecule has 2 aromatic heterocycles. The van der Waals surface area contributed by atoms with Crippen LogP contribution in [0.15, 0.2) is 89.3 Å². The van der Waals surface area contributed by atoms with Gasteiger partial charge in [0.2, 0.25) is 5.91 Å². The van der Waals surface area contributed by atoms with Crippen molar-refractivity contribution in [3.8, 4) is 0 Å². The molecule has 1 aliphatic rings. The summed E-state index contributed by atoms with van der Waals surface area (Å²) in [5, 5.41) is 3.19. The van der Waals surface area contributed by atoms with E-state index < -0.39 is 11.9 Å². The normalized spacial score (nSPS) is 15.0. The Balaban J connectivity index is 0.00000361. The first-order valence-corrected chi connectivity index (χ1v) is 11.4. The molecule has 0 bridgehead atoms. The lowest BCUT2D eigenvalue weighted by Gasteiger charge is -2.15. The van der Waals surface area contributed by atoms with E-state index in [1.807, 2.05) is 18.2 Å². The van der Waals surface area contributed by atoms with Crippen molar-refractivity contribution >= 4 is 57.4 Å². The number of aliphatic imine (C=N–C) groups is 1. The molecule has 0 spiro atoms. The molecule has 1 aliphatic heterocycles. The second-order valence-electron chi connectivity index (χ2n) is 7.38. The van der Waals surface area contributed by atoms with E-state index in [1.165, 1.54) is 18.1 Å². The van der Waals surface area contributed by atoms with Gasteiger partial charge in [-0.05, 0) is 59.3 Å². The number of benzene rings is 1. The minimum atomic E-state index is -0.471. The fourth-order valence-corrected chi connectivity index (χ4v) is 4.14. The number of amides is 2. The van der Waals surface area contributed by atoms with Gasteiger partial charge in [-0.1, -0.05) is 12.1 Å². The van der Waals surface area contributed by atoms with E-state index >= 15 is 0 Å². The minimum absolute atomic E-state index is 0. The van der Waals surface area contributed by atoms with Gasteiger partial charge in [0.15, 0.2) is 5.17 Å². The van der Waals surface area contributed by atoms with Crippen LogP contribution < -0.4 is 5.32 Å². The van der Waals surface area contributed by atoms with Crippen LogP contribution in [0.5, 0.6) is 0 Å². The lowest BCUT2D eigenvalue weighted by atomic mass is 10.2. The molecule has 0 aliphatic carbocycles. The Labute approximate surface area is 222 Å². The number of hydrogen-bond acceptors (Lipinski definition) is 8. The van der Waals surface area contributed by atoms with Gasteiger partial charge in [-0.3, -0.25) is 29.4 Å². The second-order valence-corrected chi connectivity index (χ2v) is 8.39. The highest BCUT2D eigenvalue weighted by Gasteiger charge is 2.34. The number of hydrogen-bond donors (Lipinski definition) is 1. The van der Waals surface area contributed by atoms with Gasteiger partial charge in [0.05, 0.1) is 30.7 Å². The van der Waals surface area contributed by atoms with Crippen LogP contribution in [0.3, 0.4) is 0 Å². The minimum Gasteiger partial charge on any atom is -0.465 e. The quantitative estimate of drug-likeness (QED) is 0.339. The number of amidine groups is 1. The molecule has 0 atom stereocenters. The molecule has 36 heavy (non-hydrogen) atoms. The number of methoxy groups -OCH3 is 1. The number of ether oxygens (including phenoxy) is 1. The lowest BCUT2D eigenvalue weighted by Crippen LogP contribution is -2.29. The fourth-order valence-electron chi connectivity index (χ4n) is 3.19. The highest BCUT2D eigenvalue weighted by molar-refractivity contribution is 8.93. The number of anilines is 1. The first-order chi connectivity index (χ1) is 17.0. The van der Waals surface area contributed by atoms with Crippen molar-refractivity contribution in [2.24, 2.45) is 4.99 Å². The molecular formula is C25H22BrN5O4S. The van der Waals surface area contributed by atoms with Crippen LogP contribution in [-0.4, -0.2) is 44.9 Å². The van der Waals surface area contributed by atoms with Crippen LogP contribution in [0, 0.1) is 0 Å². The van der Waals surface area contributed by atoms with Gasteiger partial charge < -0.3 is 10.1 Å². The zero-order chi connectivity index (χ0) is 24.6. The van der Waals surface area contributed by atoms with Gasteiger partial charge in [0, 0.05) is 36.6 Å².